The Morgan fingerprint density at radius 2 is 2.43 bits per heavy atom. The van der Waals surface area contributed by atoms with Gasteiger partial charge >= 0.3 is 0 Å². The van der Waals surface area contributed by atoms with Crippen molar-refractivity contribution >= 4 is 5.91 Å². The molecule has 78 valence electrons. The Morgan fingerprint density at radius 1 is 1.64 bits per heavy atom. The van der Waals surface area contributed by atoms with E-state index in [0.717, 1.165) is 19.4 Å². The van der Waals surface area contributed by atoms with Gasteiger partial charge in [-0.2, -0.15) is 5.10 Å². The van der Waals surface area contributed by atoms with Crippen LogP contribution in [-0.4, -0.2) is 27.2 Å². The molecular formula is C9H16N4O. The van der Waals surface area contributed by atoms with Gasteiger partial charge in [0.2, 0.25) is 5.91 Å². The minimum Gasteiger partial charge on any atom is -0.354 e. The number of amides is 1. The molecule has 5 heteroatoms. The molecule has 1 aromatic rings. The summed E-state index contributed by atoms with van der Waals surface area (Å²) in [5.41, 5.74) is 0. The van der Waals surface area contributed by atoms with Gasteiger partial charge in [0.05, 0.1) is 0 Å². The van der Waals surface area contributed by atoms with Crippen molar-refractivity contribution in [1.29, 1.82) is 0 Å². The molecule has 0 bridgehead atoms. The minimum atomic E-state index is -0.283. The highest BCUT2D eigenvalue weighted by Gasteiger charge is 2.13. The molecule has 0 aliphatic carbocycles. The normalized spacial score (nSPS) is 12.4. The number of unbranched alkanes of at least 4 members (excludes halogenated alkanes) is 1. The second kappa shape index (κ2) is 5.36. The predicted octanol–water partition coefficient (Wildman–Crippen LogP) is 0.755. The van der Waals surface area contributed by atoms with Crippen LogP contribution in [0.3, 0.4) is 0 Å². The highest BCUT2D eigenvalue weighted by molar-refractivity contribution is 5.79. The van der Waals surface area contributed by atoms with Crippen molar-refractivity contribution in [2.75, 3.05) is 6.54 Å². The minimum absolute atomic E-state index is 0.0102. The Labute approximate surface area is 83.5 Å². The summed E-state index contributed by atoms with van der Waals surface area (Å²) in [6.45, 7) is 4.62. The lowest BCUT2D eigenvalue weighted by molar-refractivity contribution is -0.124. The van der Waals surface area contributed by atoms with Crippen LogP contribution in [0.2, 0.25) is 0 Å². The van der Waals surface area contributed by atoms with Crippen molar-refractivity contribution in [3.05, 3.63) is 12.7 Å². The number of hydrogen-bond donors (Lipinski definition) is 1. The number of hydrogen-bond acceptors (Lipinski definition) is 3. The molecule has 1 heterocycles. The van der Waals surface area contributed by atoms with Gasteiger partial charge in [0.15, 0.2) is 0 Å². The van der Waals surface area contributed by atoms with Crippen LogP contribution in [0.1, 0.15) is 32.7 Å². The van der Waals surface area contributed by atoms with Gasteiger partial charge < -0.3 is 5.32 Å². The Balaban J connectivity index is 2.37. The van der Waals surface area contributed by atoms with Crippen molar-refractivity contribution in [2.45, 2.75) is 32.7 Å². The topological polar surface area (TPSA) is 59.8 Å². The van der Waals surface area contributed by atoms with Crippen LogP contribution < -0.4 is 5.32 Å². The second-order valence-electron chi connectivity index (χ2n) is 3.20. The molecule has 1 N–H and O–H groups in total. The molecule has 1 rings (SSSR count). The van der Waals surface area contributed by atoms with Crippen LogP contribution in [-0.2, 0) is 4.79 Å². The van der Waals surface area contributed by atoms with Gasteiger partial charge in [-0.25, -0.2) is 9.67 Å². The zero-order valence-corrected chi connectivity index (χ0v) is 8.60. The number of carbonyl (C=O) groups excluding carboxylic acids is 1. The Hall–Kier alpha value is -1.39. The van der Waals surface area contributed by atoms with E-state index in [2.05, 4.69) is 22.3 Å². The molecule has 0 aliphatic rings. The quantitative estimate of drug-likeness (QED) is 0.707. The van der Waals surface area contributed by atoms with Crippen molar-refractivity contribution in [3.8, 4) is 0 Å². The number of aromatic nitrogens is 3. The molecule has 1 aromatic heterocycles. The maximum Gasteiger partial charge on any atom is 0.244 e. The summed E-state index contributed by atoms with van der Waals surface area (Å²) in [6, 6.07) is -0.283. The summed E-state index contributed by atoms with van der Waals surface area (Å²) in [7, 11) is 0. The van der Waals surface area contributed by atoms with E-state index in [1.807, 2.05) is 0 Å². The second-order valence-corrected chi connectivity index (χ2v) is 3.20. The third-order valence-corrected chi connectivity index (χ3v) is 2.04. The fourth-order valence-corrected chi connectivity index (χ4v) is 1.07. The first-order valence-corrected chi connectivity index (χ1v) is 4.87. The van der Waals surface area contributed by atoms with Crippen LogP contribution in [0.5, 0.6) is 0 Å². The van der Waals surface area contributed by atoms with E-state index >= 15 is 0 Å². The SMILES string of the molecule is CCCCNC(=O)C(C)n1cncn1. The van der Waals surface area contributed by atoms with E-state index in [1.165, 1.54) is 6.33 Å². The van der Waals surface area contributed by atoms with Crippen LogP contribution in [0, 0.1) is 0 Å². The Bertz CT molecular complexity index is 270. The van der Waals surface area contributed by atoms with Crippen molar-refractivity contribution < 1.29 is 4.79 Å². The molecule has 1 atom stereocenters. The molecule has 0 aliphatic heterocycles. The van der Waals surface area contributed by atoms with Crippen molar-refractivity contribution in [3.63, 3.8) is 0 Å². The molecule has 0 spiro atoms. The summed E-state index contributed by atoms with van der Waals surface area (Å²) in [5.74, 6) is -0.0102. The van der Waals surface area contributed by atoms with Crippen LogP contribution in [0.4, 0.5) is 0 Å². The summed E-state index contributed by atoms with van der Waals surface area (Å²) in [4.78, 5) is 15.3. The number of nitrogens with zero attached hydrogens (tertiary/aromatic N) is 3. The van der Waals surface area contributed by atoms with Gasteiger partial charge in [-0.3, -0.25) is 4.79 Å². The van der Waals surface area contributed by atoms with Gasteiger partial charge in [-0.1, -0.05) is 13.3 Å². The maximum absolute atomic E-state index is 11.5. The molecule has 1 amide bonds. The molecule has 0 aromatic carbocycles. The highest BCUT2D eigenvalue weighted by atomic mass is 16.2. The highest BCUT2D eigenvalue weighted by Crippen LogP contribution is 2.01. The van der Waals surface area contributed by atoms with Crippen molar-refractivity contribution in [2.24, 2.45) is 0 Å². The zero-order chi connectivity index (χ0) is 10.4. The summed E-state index contributed by atoms with van der Waals surface area (Å²) >= 11 is 0. The van der Waals surface area contributed by atoms with E-state index in [1.54, 1.807) is 17.9 Å². The lowest BCUT2D eigenvalue weighted by Gasteiger charge is -2.11. The van der Waals surface area contributed by atoms with E-state index in [-0.39, 0.29) is 11.9 Å². The van der Waals surface area contributed by atoms with E-state index in [4.69, 9.17) is 0 Å². The Morgan fingerprint density at radius 3 is 3.00 bits per heavy atom. The first kappa shape index (κ1) is 10.7. The number of nitrogens with one attached hydrogen (secondary N) is 1. The number of rotatable bonds is 5. The monoisotopic (exact) mass is 196 g/mol. The van der Waals surface area contributed by atoms with Gasteiger partial charge in [0, 0.05) is 6.54 Å². The van der Waals surface area contributed by atoms with Crippen LogP contribution >= 0.6 is 0 Å². The zero-order valence-electron chi connectivity index (χ0n) is 8.60. The first-order valence-electron chi connectivity index (χ1n) is 4.87. The Kier molecular flexibility index (Phi) is 4.10. The average Bonchev–Trinajstić information content (AvgIpc) is 2.69. The summed E-state index contributed by atoms with van der Waals surface area (Å²) in [5, 5.41) is 6.75. The van der Waals surface area contributed by atoms with E-state index in [9.17, 15) is 4.79 Å². The first-order chi connectivity index (χ1) is 6.75. The fourth-order valence-electron chi connectivity index (χ4n) is 1.07. The molecule has 14 heavy (non-hydrogen) atoms. The molecule has 5 nitrogen and oxygen atoms in total. The lowest BCUT2D eigenvalue weighted by Crippen LogP contribution is -2.31. The molecule has 1 unspecified atom stereocenters. The van der Waals surface area contributed by atoms with Crippen LogP contribution in [0.15, 0.2) is 12.7 Å². The molecular weight excluding hydrogens is 180 g/mol. The molecule has 0 radical (unpaired) electrons. The predicted molar refractivity (Wildman–Crippen MR) is 52.7 cm³/mol. The summed E-state index contributed by atoms with van der Waals surface area (Å²) < 4.78 is 1.54. The van der Waals surface area contributed by atoms with E-state index in [0.29, 0.717) is 0 Å². The van der Waals surface area contributed by atoms with Gasteiger partial charge in [-0.15, -0.1) is 0 Å². The largest absolute Gasteiger partial charge is 0.354 e. The maximum atomic E-state index is 11.5. The molecule has 0 saturated heterocycles. The molecule has 0 fully saturated rings. The van der Waals surface area contributed by atoms with Gasteiger partial charge in [0.25, 0.3) is 0 Å². The lowest BCUT2D eigenvalue weighted by atomic mass is 10.3. The third-order valence-electron chi connectivity index (χ3n) is 2.04. The fraction of sp³-hybridized carbons (Fsp3) is 0.667. The standard InChI is InChI=1S/C9H16N4O/c1-3-4-5-11-9(14)8(2)13-7-10-6-12-13/h6-8H,3-5H2,1-2H3,(H,11,14). The average molecular weight is 196 g/mol. The number of carbonyl (C=O) groups is 1. The molecule has 0 saturated carbocycles. The van der Waals surface area contributed by atoms with Gasteiger partial charge in [-0.05, 0) is 13.3 Å². The smallest absolute Gasteiger partial charge is 0.244 e. The van der Waals surface area contributed by atoms with Crippen molar-refractivity contribution in [1.82, 2.24) is 20.1 Å². The van der Waals surface area contributed by atoms with Crippen LogP contribution in [0.25, 0.3) is 0 Å². The van der Waals surface area contributed by atoms with Gasteiger partial charge in [0.1, 0.15) is 18.7 Å². The summed E-state index contributed by atoms with van der Waals surface area (Å²) in [6.07, 6.45) is 5.06. The van der Waals surface area contributed by atoms with E-state index < -0.39 is 0 Å². The third kappa shape index (κ3) is 2.83.